The summed E-state index contributed by atoms with van der Waals surface area (Å²) in [4.78, 5) is 40.8. The Morgan fingerprint density at radius 2 is 1.28 bits per heavy atom. The highest BCUT2D eigenvalue weighted by molar-refractivity contribution is 7.87. The number of aromatic nitrogens is 8. The molecule has 4 aromatic rings. The molecule has 4 fully saturated rings. The van der Waals surface area contributed by atoms with Crippen LogP contribution in [0.2, 0.25) is 5.15 Å². The van der Waals surface area contributed by atoms with Crippen molar-refractivity contribution >= 4 is 78.0 Å². The first-order valence-corrected chi connectivity index (χ1v) is 19.2. The zero-order valence-electron chi connectivity index (χ0n) is 28.6. The summed E-state index contributed by atoms with van der Waals surface area (Å²) in [5, 5.41) is 20.8. The number of rotatable bonds is 5. The Kier molecular flexibility index (Phi) is 11.2. The van der Waals surface area contributed by atoms with Crippen LogP contribution in [0.15, 0.2) is 12.7 Å². The minimum atomic E-state index is -5.08. The van der Waals surface area contributed by atoms with E-state index in [9.17, 15) is 30.0 Å². The van der Waals surface area contributed by atoms with Gasteiger partial charge in [-0.05, 0) is 31.1 Å². The summed E-state index contributed by atoms with van der Waals surface area (Å²) in [6, 6.07) is 0.104. The number of nitrogens with one attached hydrogen (secondary N) is 3. The van der Waals surface area contributed by atoms with Crippen LogP contribution in [-0.2, 0) is 25.2 Å². The third-order valence-electron chi connectivity index (χ3n) is 9.64. The van der Waals surface area contributed by atoms with E-state index in [1.807, 2.05) is 0 Å². The van der Waals surface area contributed by atoms with Crippen molar-refractivity contribution in [2.75, 3.05) is 56.6 Å². The van der Waals surface area contributed by atoms with E-state index in [4.69, 9.17) is 43.2 Å². The van der Waals surface area contributed by atoms with Crippen LogP contribution in [0.5, 0.6) is 0 Å². The average Bonchev–Trinajstić information content (AvgIpc) is 3.63. The highest BCUT2D eigenvalue weighted by Crippen LogP contribution is 2.51. The maximum atomic E-state index is 11.4. The minimum absolute atomic E-state index is 0.0187. The smallest absolute Gasteiger partial charge is 0.475 e. The van der Waals surface area contributed by atoms with E-state index >= 15 is 0 Å². The fourth-order valence-electron chi connectivity index (χ4n) is 6.62. The Morgan fingerprint density at radius 1 is 0.852 bits per heavy atom. The summed E-state index contributed by atoms with van der Waals surface area (Å²) in [5.41, 5.74) is 14.0. The van der Waals surface area contributed by atoms with Crippen LogP contribution in [0.3, 0.4) is 0 Å². The number of H-pyrrole nitrogens is 2. The number of hydrogen-bond acceptors (Lipinski definition) is 15. The third kappa shape index (κ3) is 8.99. The quantitative estimate of drug-likeness (QED) is 0.113. The Bertz CT molecular complexity index is 2210. The number of fused-ring (bicyclic) bond motifs is 2. The maximum absolute atomic E-state index is 11.4. The first-order valence-electron chi connectivity index (χ1n) is 15.8. The lowest BCUT2D eigenvalue weighted by atomic mass is 9.60. The summed E-state index contributed by atoms with van der Waals surface area (Å²) in [6.45, 7) is 3.68. The maximum Gasteiger partial charge on any atom is 0.490 e. The molecule has 4 aromatic heterocycles. The highest BCUT2D eigenvalue weighted by atomic mass is 35.5. The number of nitrogen functional groups attached to an aromatic ring is 2. The Hall–Kier alpha value is -4.25. The number of halogens is 4. The van der Waals surface area contributed by atoms with E-state index in [0.717, 1.165) is 63.2 Å². The van der Waals surface area contributed by atoms with Crippen molar-refractivity contribution in [1.29, 1.82) is 0 Å². The van der Waals surface area contributed by atoms with E-state index in [-0.39, 0.29) is 29.4 Å². The number of hydrogen-bond donors (Lipinski definition) is 8. The van der Waals surface area contributed by atoms with Crippen molar-refractivity contribution in [3.8, 4) is 0 Å². The van der Waals surface area contributed by atoms with Crippen molar-refractivity contribution in [2.24, 2.45) is 21.1 Å². The molecule has 8 rings (SSSR count). The molecule has 0 atom stereocenters. The first kappa shape index (κ1) is 40.9. The van der Waals surface area contributed by atoms with E-state index in [0.29, 0.717) is 27.4 Å². The minimum Gasteiger partial charge on any atom is -0.475 e. The molecule has 298 valence electrons. The lowest BCUT2D eigenvalue weighted by Crippen LogP contribution is -2.67. The van der Waals surface area contributed by atoms with Gasteiger partial charge >= 0.3 is 12.1 Å². The average molecular weight is 827 g/mol. The standard InChI is InChI=1S/C12H18N8O2S.C7H15N3O2S.C5H4ClN5.C2HF3O2/c1-19(23(14,21)22)7-2-12(3-7)4-20(5-12)10-8-9(16-6-15-8)17-11(13)18-10;1-10(13(8,11)12)6-2-7(3-6)4-9-5-7;6-3-2-4(9-1-8-2)11-5(7)10-3;3-2(4,5)1(6)7/h6-7H,2-5H2,1H3,(H2,14,21,22)(H3,13,15,16,17,18);6,9H,2-5H2,1H3,(H2,8,11,12);1H,(H3,7,8,9,10,11);(H,6,7). The van der Waals surface area contributed by atoms with Crippen molar-refractivity contribution in [2.45, 2.75) is 43.9 Å². The fraction of sp³-hybridized carbons (Fsp3) is 0.577. The van der Waals surface area contributed by atoms with Gasteiger partial charge in [0, 0.05) is 57.8 Å². The number of imidazole rings is 2. The van der Waals surface area contributed by atoms with Gasteiger partial charge < -0.3 is 36.8 Å². The van der Waals surface area contributed by atoms with Crippen molar-refractivity contribution in [1.82, 2.24) is 53.8 Å². The molecule has 2 aliphatic heterocycles. The molecule has 54 heavy (non-hydrogen) atoms. The summed E-state index contributed by atoms with van der Waals surface area (Å²) >= 11 is 5.70. The van der Waals surface area contributed by atoms with E-state index < -0.39 is 32.6 Å². The van der Waals surface area contributed by atoms with Gasteiger partial charge in [-0.15, -0.1) is 0 Å². The van der Waals surface area contributed by atoms with Gasteiger partial charge in [0.1, 0.15) is 11.0 Å². The zero-order valence-corrected chi connectivity index (χ0v) is 31.0. The molecule has 22 nitrogen and oxygen atoms in total. The molecular weight excluding hydrogens is 789 g/mol. The topological polar surface area (TPSA) is 340 Å². The Labute approximate surface area is 310 Å². The van der Waals surface area contributed by atoms with E-state index in [1.165, 1.54) is 22.0 Å². The van der Waals surface area contributed by atoms with Gasteiger partial charge in [-0.1, -0.05) is 11.6 Å². The molecule has 28 heteroatoms. The molecule has 6 heterocycles. The molecule has 0 radical (unpaired) electrons. The van der Waals surface area contributed by atoms with Gasteiger partial charge in [0.05, 0.1) is 12.7 Å². The van der Waals surface area contributed by atoms with Crippen molar-refractivity contribution < 1.29 is 39.9 Å². The SMILES string of the molecule is CN(C1CC2(C1)CN(c1nc(N)nc3nc[nH]c13)C2)S(N)(=O)=O.CN(C1CC2(CNC2)C1)S(N)(=O)=O.Nc1nc(Cl)c2[nH]cnc2n1.O=C(O)C(F)(F)F. The molecule has 0 amide bonds. The van der Waals surface area contributed by atoms with Crippen molar-refractivity contribution in [3.63, 3.8) is 0 Å². The van der Waals surface area contributed by atoms with Crippen LogP contribution < -0.4 is 32.0 Å². The van der Waals surface area contributed by atoms with E-state index in [2.05, 4.69) is 50.1 Å². The lowest BCUT2D eigenvalue weighted by molar-refractivity contribution is -0.192. The first-order chi connectivity index (χ1) is 24.9. The lowest BCUT2D eigenvalue weighted by Gasteiger charge is -2.60. The predicted molar refractivity (Wildman–Crippen MR) is 189 cm³/mol. The fourth-order valence-corrected chi connectivity index (χ4v) is 7.98. The second-order valence-electron chi connectivity index (χ2n) is 13.5. The van der Waals surface area contributed by atoms with Crippen LogP contribution in [0, 0.1) is 10.8 Å². The monoisotopic (exact) mass is 826 g/mol. The number of nitrogens with zero attached hydrogens (tertiary/aromatic N) is 9. The molecule has 2 saturated carbocycles. The number of anilines is 3. The number of aliphatic carboxylic acids is 1. The normalized spacial score (nSPS) is 20.1. The molecule has 12 N–H and O–H groups in total. The second kappa shape index (κ2) is 14.8. The number of carboxylic acids is 1. The molecule has 2 spiro atoms. The zero-order chi connectivity index (χ0) is 40.0. The van der Waals surface area contributed by atoms with Gasteiger partial charge in [-0.2, -0.15) is 58.6 Å². The molecule has 0 unspecified atom stereocenters. The highest BCUT2D eigenvalue weighted by Gasteiger charge is 2.55. The largest absolute Gasteiger partial charge is 0.490 e. The van der Waals surface area contributed by atoms with Crippen LogP contribution in [0.4, 0.5) is 30.9 Å². The summed E-state index contributed by atoms with van der Waals surface area (Å²) < 4.78 is 79.0. The van der Waals surface area contributed by atoms with Crippen LogP contribution in [-0.4, -0.2) is 135 Å². The summed E-state index contributed by atoms with van der Waals surface area (Å²) in [7, 11) is -4.02. The molecule has 2 aliphatic carbocycles. The molecule has 2 saturated heterocycles. The summed E-state index contributed by atoms with van der Waals surface area (Å²) in [5.74, 6) is -1.68. The van der Waals surface area contributed by atoms with Crippen molar-refractivity contribution in [3.05, 3.63) is 17.8 Å². The Balaban J connectivity index is 0.000000153. The van der Waals surface area contributed by atoms with Gasteiger partial charge in [0.15, 0.2) is 22.3 Å². The van der Waals surface area contributed by atoms with Crippen LogP contribution in [0.1, 0.15) is 25.7 Å². The number of carbonyl (C=O) groups is 1. The molecule has 0 aromatic carbocycles. The Morgan fingerprint density at radius 3 is 1.70 bits per heavy atom. The second-order valence-corrected chi connectivity index (χ2v) is 17.1. The predicted octanol–water partition coefficient (Wildman–Crippen LogP) is -0.865. The third-order valence-corrected chi connectivity index (χ3v) is 12.1. The molecule has 0 bridgehead atoms. The van der Waals surface area contributed by atoms with Crippen LogP contribution >= 0.6 is 11.6 Å². The number of carboxylic acid groups (broad SMARTS) is 1. The van der Waals surface area contributed by atoms with Gasteiger partial charge in [0.25, 0.3) is 20.4 Å². The van der Waals surface area contributed by atoms with Gasteiger partial charge in [-0.3, -0.25) is 0 Å². The van der Waals surface area contributed by atoms with Gasteiger partial charge in [-0.25, -0.2) is 25.0 Å². The number of aromatic amines is 2. The van der Waals surface area contributed by atoms with Crippen LogP contribution in [0.25, 0.3) is 22.3 Å². The van der Waals surface area contributed by atoms with Gasteiger partial charge in [0.2, 0.25) is 11.9 Å². The molecular formula is C26H38ClF3N16O6S2. The number of alkyl halides is 3. The number of nitrogens with two attached hydrogens (primary N) is 4. The molecule has 4 aliphatic rings. The van der Waals surface area contributed by atoms with E-state index in [1.54, 1.807) is 13.4 Å². The summed E-state index contributed by atoms with van der Waals surface area (Å²) in [6.07, 6.45) is 1.50.